The molecule has 0 unspecified atom stereocenters. The van der Waals surface area contributed by atoms with E-state index >= 15 is 0 Å². The first-order valence-electron chi connectivity index (χ1n) is 18.9. The second kappa shape index (κ2) is 49.7. The molecule has 260 valence electrons. The van der Waals surface area contributed by atoms with Crippen LogP contribution in [0.1, 0.15) is 219 Å². The van der Waals surface area contributed by atoms with Crippen LogP contribution in [0.3, 0.4) is 0 Å². The Labute approximate surface area is 293 Å². The van der Waals surface area contributed by atoms with Crippen molar-refractivity contribution in [3.63, 3.8) is 0 Å². The van der Waals surface area contributed by atoms with Gasteiger partial charge in [-0.25, -0.2) is 0 Å². The van der Waals surface area contributed by atoms with Gasteiger partial charge in [0.2, 0.25) is 0 Å². The van der Waals surface area contributed by atoms with Gasteiger partial charge in [0.15, 0.2) is 0 Å². The standard InChI is InChI=1S/2C18H36O2.C3H3N.Zn/c2*1-2-3-4-5-6-7-8-9-10-11-12-13-14-15-16-17-18(19)20;1-2-3-4;/h2*2-17H2,1H3,(H,19,20);2H,1H2;/q;;;+2/p-2. The number of rotatable bonds is 32. The van der Waals surface area contributed by atoms with Gasteiger partial charge in [-0.3, -0.25) is 0 Å². The third-order valence-electron chi connectivity index (χ3n) is 8.06. The molecule has 0 aliphatic heterocycles. The van der Waals surface area contributed by atoms with E-state index in [2.05, 4.69) is 20.4 Å². The van der Waals surface area contributed by atoms with Crippen molar-refractivity contribution in [2.45, 2.75) is 219 Å². The molecule has 0 saturated heterocycles. The average Bonchev–Trinajstić information content (AvgIpc) is 3.01. The molecule has 0 aromatic carbocycles. The molecule has 0 aromatic rings. The SMILES string of the molecule is C=CC#N.CCCCCCCCCCCCCCCCCC(=O)[O-].CCCCCCCCCCCCCCCCCC(=O)[O-].[Zn+2]. The van der Waals surface area contributed by atoms with Gasteiger partial charge in [0.25, 0.3) is 0 Å². The van der Waals surface area contributed by atoms with E-state index in [1.54, 1.807) is 6.07 Å². The Morgan fingerprint density at radius 1 is 0.467 bits per heavy atom. The summed E-state index contributed by atoms with van der Waals surface area (Å²) in [4.78, 5) is 20.4. The van der Waals surface area contributed by atoms with Crippen LogP contribution in [-0.2, 0) is 29.1 Å². The van der Waals surface area contributed by atoms with Crippen LogP contribution in [0.25, 0.3) is 0 Å². The molecular formula is C39H73NO4Zn. The fourth-order valence-corrected chi connectivity index (χ4v) is 5.28. The first kappa shape index (κ1) is 50.6. The molecule has 0 aliphatic carbocycles. The van der Waals surface area contributed by atoms with Crippen LogP contribution in [0.5, 0.6) is 0 Å². The fraction of sp³-hybridized carbons (Fsp3) is 0.872. The number of hydrogen-bond acceptors (Lipinski definition) is 5. The van der Waals surface area contributed by atoms with Gasteiger partial charge < -0.3 is 19.8 Å². The Bertz CT molecular complexity index is 577. The Morgan fingerprint density at radius 2 is 0.622 bits per heavy atom. The van der Waals surface area contributed by atoms with Gasteiger partial charge >= 0.3 is 19.5 Å². The summed E-state index contributed by atoms with van der Waals surface area (Å²) in [7, 11) is 0. The predicted molar refractivity (Wildman–Crippen MR) is 185 cm³/mol. The summed E-state index contributed by atoms with van der Waals surface area (Å²) >= 11 is 0. The normalized spacial score (nSPS) is 9.98. The second-order valence-electron chi connectivity index (χ2n) is 12.5. The minimum absolute atomic E-state index is 0. The van der Waals surface area contributed by atoms with Gasteiger partial charge in [0, 0.05) is 18.0 Å². The topological polar surface area (TPSA) is 104 Å². The summed E-state index contributed by atoms with van der Waals surface area (Å²) in [6.07, 6.45) is 40.9. The van der Waals surface area contributed by atoms with E-state index in [4.69, 9.17) is 5.26 Å². The summed E-state index contributed by atoms with van der Waals surface area (Å²) in [6.45, 7) is 7.65. The molecular weight excluding hydrogens is 612 g/mol. The molecule has 0 aromatic heterocycles. The molecule has 5 nitrogen and oxygen atoms in total. The smallest absolute Gasteiger partial charge is 0.550 e. The molecule has 0 saturated carbocycles. The summed E-state index contributed by atoms with van der Waals surface area (Å²) in [5, 5.41) is 28.0. The van der Waals surface area contributed by atoms with Gasteiger partial charge in [-0.15, -0.1) is 0 Å². The molecule has 0 fully saturated rings. The predicted octanol–water partition coefficient (Wildman–Crippen LogP) is 10.7. The number of carboxylic acid groups (broad SMARTS) is 2. The molecule has 0 atom stereocenters. The third kappa shape index (κ3) is 62.4. The van der Waals surface area contributed by atoms with E-state index < -0.39 is 11.9 Å². The van der Waals surface area contributed by atoms with Crippen LogP contribution in [0.15, 0.2) is 12.7 Å². The number of carbonyl (C=O) groups is 2. The quantitative estimate of drug-likeness (QED) is 0.0398. The summed E-state index contributed by atoms with van der Waals surface area (Å²) in [5.41, 5.74) is 0. The fourth-order valence-electron chi connectivity index (χ4n) is 5.28. The van der Waals surface area contributed by atoms with Crippen molar-refractivity contribution in [3.05, 3.63) is 12.7 Å². The molecule has 0 N–H and O–H groups in total. The monoisotopic (exact) mass is 683 g/mol. The average molecular weight is 685 g/mol. The maximum atomic E-state index is 10.2. The van der Waals surface area contributed by atoms with Gasteiger partial charge in [0.05, 0.1) is 6.07 Å². The van der Waals surface area contributed by atoms with Crippen LogP contribution in [-0.4, -0.2) is 11.9 Å². The van der Waals surface area contributed by atoms with Gasteiger partial charge in [-0.1, -0.05) is 200 Å². The third-order valence-corrected chi connectivity index (χ3v) is 8.06. The molecule has 0 rings (SSSR count). The largest absolute Gasteiger partial charge is 2.00 e. The minimum atomic E-state index is -0.903. The van der Waals surface area contributed by atoms with Crippen molar-refractivity contribution in [3.8, 4) is 6.07 Å². The van der Waals surface area contributed by atoms with E-state index in [9.17, 15) is 19.8 Å². The van der Waals surface area contributed by atoms with Crippen molar-refractivity contribution in [2.24, 2.45) is 0 Å². The number of nitriles is 1. The number of allylic oxidation sites excluding steroid dienone is 1. The van der Waals surface area contributed by atoms with E-state index in [1.807, 2.05) is 0 Å². The van der Waals surface area contributed by atoms with Gasteiger partial charge in [0.1, 0.15) is 0 Å². The van der Waals surface area contributed by atoms with E-state index in [-0.39, 0.29) is 32.3 Å². The number of hydrogen-bond donors (Lipinski definition) is 0. The first-order valence-corrected chi connectivity index (χ1v) is 18.9. The Balaban J connectivity index is -0.000000327. The number of carboxylic acids is 2. The molecule has 0 heterocycles. The maximum absolute atomic E-state index is 10.2. The molecule has 0 radical (unpaired) electrons. The zero-order valence-corrected chi connectivity index (χ0v) is 33.2. The van der Waals surface area contributed by atoms with Crippen LogP contribution >= 0.6 is 0 Å². The number of carbonyl (C=O) groups excluding carboxylic acids is 2. The number of unbranched alkanes of at least 4 members (excludes halogenated alkanes) is 28. The second-order valence-corrected chi connectivity index (χ2v) is 12.5. The molecule has 0 spiro atoms. The maximum Gasteiger partial charge on any atom is 2.00 e. The summed E-state index contributed by atoms with van der Waals surface area (Å²) in [5.74, 6) is -1.81. The zero-order chi connectivity index (χ0) is 33.2. The van der Waals surface area contributed by atoms with Gasteiger partial charge in [-0.05, 0) is 25.7 Å². The van der Waals surface area contributed by atoms with Gasteiger partial charge in [-0.2, -0.15) is 5.26 Å². The summed E-state index contributed by atoms with van der Waals surface area (Å²) < 4.78 is 0. The molecule has 45 heavy (non-hydrogen) atoms. The minimum Gasteiger partial charge on any atom is -0.550 e. The van der Waals surface area contributed by atoms with Crippen molar-refractivity contribution < 1.29 is 39.3 Å². The van der Waals surface area contributed by atoms with E-state index in [0.717, 1.165) is 25.7 Å². The number of nitrogens with zero attached hydrogens (tertiary/aromatic N) is 1. The number of aliphatic carboxylic acids is 2. The van der Waals surface area contributed by atoms with Crippen molar-refractivity contribution in [1.82, 2.24) is 0 Å². The van der Waals surface area contributed by atoms with E-state index in [0.29, 0.717) is 0 Å². The Hall–Kier alpha value is -1.21. The Morgan fingerprint density at radius 3 is 0.756 bits per heavy atom. The van der Waals surface area contributed by atoms with Crippen LogP contribution < -0.4 is 10.2 Å². The van der Waals surface area contributed by atoms with Crippen molar-refractivity contribution >= 4 is 11.9 Å². The summed E-state index contributed by atoms with van der Waals surface area (Å²) in [6, 6.07) is 1.69. The molecule has 0 amide bonds. The van der Waals surface area contributed by atoms with Crippen LogP contribution in [0.2, 0.25) is 0 Å². The Kier molecular flexibility index (Phi) is 55.9. The van der Waals surface area contributed by atoms with E-state index in [1.165, 1.54) is 173 Å². The van der Waals surface area contributed by atoms with Crippen LogP contribution in [0.4, 0.5) is 0 Å². The van der Waals surface area contributed by atoms with Crippen molar-refractivity contribution in [1.29, 1.82) is 5.26 Å². The molecule has 0 aliphatic rings. The van der Waals surface area contributed by atoms with Crippen LogP contribution in [0, 0.1) is 11.3 Å². The first-order chi connectivity index (χ1) is 21.5. The zero-order valence-electron chi connectivity index (χ0n) is 30.2. The molecule has 6 heteroatoms. The molecule has 0 bridgehead atoms. The van der Waals surface area contributed by atoms with Crippen molar-refractivity contribution in [2.75, 3.05) is 0 Å².